The number of rotatable bonds is 5. The quantitative estimate of drug-likeness (QED) is 0.775. The van der Waals surface area contributed by atoms with E-state index in [1.54, 1.807) is 0 Å². The number of aryl methyl sites for hydroxylation is 1. The van der Waals surface area contributed by atoms with Gasteiger partial charge in [-0.1, -0.05) is 5.57 Å². The molecule has 1 heterocycles. The third kappa shape index (κ3) is 4.62. The van der Waals surface area contributed by atoms with Crippen LogP contribution in [0.1, 0.15) is 39.8 Å². The largest absolute Gasteiger partial charge is 0.306 e. The number of nitrogens with zero attached hydrogens (tertiary/aromatic N) is 2. The first-order valence-corrected chi connectivity index (χ1v) is 5.78. The van der Waals surface area contributed by atoms with Crippen molar-refractivity contribution < 1.29 is 0 Å². The molecule has 16 heavy (non-hydrogen) atoms. The SMILES string of the molecule is C=C(C)CCn1nccc1CNC(C)(C)C. The van der Waals surface area contributed by atoms with Gasteiger partial charge in [0.2, 0.25) is 0 Å². The zero-order valence-corrected chi connectivity index (χ0v) is 10.9. The molecule has 0 unspecified atom stereocenters. The van der Waals surface area contributed by atoms with Crippen molar-refractivity contribution in [2.75, 3.05) is 0 Å². The molecule has 1 aromatic heterocycles. The lowest BCUT2D eigenvalue weighted by atomic mass is 10.1. The second kappa shape index (κ2) is 5.30. The van der Waals surface area contributed by atoms with E-state index < -0.39 is 0 Å². The van der Waals surface area contributed by atoms with Gasteiger partial charge in [-0.05, 0) is 40.2 Å². The van der Waals surface area contributed by atoms with Crippen LogP contribution in [0.25, 0.3) is 0 Å². The van der Waals surface area contributed by atoms with Crippen molar-refractivity contribution in [3.8, 4) is 0 Å². The Morgan fingerprint density at radius 3 is 2.75 bits per heavy atom. The number of allylic oxidation sites excluding steroid dienone is 1. The normalized spacial score (nSPS) is 11.8. The monoisotopic (exact) mass is 221 g/mol. The molecule has 0 radical (unpaired) electrons. The van der Waals surface area contributed by atoms with E-state index in [9.17, 15) is 0 Å². The first-order valence-electron chi connectivity index (χ1n) is 5.78. The standard InChI is InChI=1S/C13H23N3/c1-11(2)7-9-16-12(6-8-15-16)10-14-13(3,4)5/h6,8,14H,1,7,9-10H2,2-5H3. The van der Waals surface area contributed by atoms with Gasteiger partial charge >= 0.3 is 0 Å². The van der Waals surface area contributed by atoms with Crippen LogP contribution >= 0.6 is 0 Å². The zero-order valence-electron chi connectivity index (χ0n) is 10.9. The van der Waals surface area contributed by atoms with Crippen LogP contribution in [0.3, 0.4) is 0 Å². The second-order valence-corrected chi connectivity index (χ2v) is 5.36. The van der Waals surface area contributed by atoms with Gasteiger partial charge in [-0.2, -0.15) is 5.10 Å². The summed E-state index contributed by atoms with van der Waals surface area (Å²) in [5.41, 5.74) is 2.57. The van der Waals surface area contributed by atoms with E-state index in [1.165, 1.54) is 11.3 Å². The summed E-state index contributed by atoms with van der Waals surface area (Å²) in [6.45, 7) is 14.3. The lowest BCUT2D eigenvalue weighted by Gasteiger charge is -2.20. The molecule has 0 aliphatic carbocycles. The van der Waals surface area contributed by atoms with Gasteiger partial charge in [0, 0.05) is 24.8 Å². The van der Waals surface area contributed by atoms with Gasteiger partial charge in [-0.25, -0.2) is 0 Å². The highest BCUT2D eigenvalue weighted by atomic mass is 15.3. The summed E-state index contributed by atoms with van der Waals surface area (Å²) in [5.74, 6) is 0. The van der Waals surface area contributed by atoms with E-state index in [4.69, 9.17) is 0 Å². The van der Waals surface area contributed by atoms with Gasteiger partial charge in [0.05, 0.1) is 5.69 Å². The predicted molar refractivity (Wildman–Crippen MR) is 68.3 cm³/mol. The average molecular weight is 221 g/mol. The summed E-state index contributed by atoms with van der Waals surface area (Å²) in [4.78, 5) is 0. The zero-order chi connectivity index (χ0) is 12.2. The maximum absolute atomic E-state index is 4.32. The van der Waals surface area contributed by atoms with E-state index in [2.05, 4.69) is 50.8 Å². The van der Waals surface area contributed by atoms with E-state index in [-0.39, 0.29) is 5.54 Å². The van der Waals surface area contributed by atoms with Gasteiger partial charge in [0.1, 0.15) is 0 Å². The molecule has 0 bridgehead atoms. The molecular formula is C13H23N3. The van der Waals surface area contributed by atoms with Crippen LogP contribution in [0.15, 0.2) is 24.4 Å². The Bertz CT molecular complexity index is 344. The fourth-order valence-electron chi connectivity index (χ4n) is 1.36. The van der Waals surface area contributed by atoms with Gasteiger partial charge in [0.25, 0.3) is 0 Å². The Labute approximate surface area is 98.5 Å². The van der Waals surface area contributed by atoms with Gasteiger partial charge in [-0.15, -0.1) is 6.58 Å². The Morgan fingerprint density at radius 2 is 2.19 bits per heavy atom. The average Bonchev–Trinajstić information content (AvgIpc) is 2.57. The lowest BCUT2D eigenvalue weighted by molar-refractivity contribution is 0.411. The van der Waals surface area contributed by atoms with Crippen molar-refractivity contribution in [3.63, 3.8) is 0 Å². The fourth-order valence-corrected chi connectivity index (χ4v) is 1.36. The molecule has 1 N–H and O–H groups in total. The van der Waals surface area contributed by atoms with E-state index in [0.717, 1.165) is 19.5 Å². The van der Waals surface area contributed by atoms with E-state index in [1.807, 2.05) is 10.9 Å². The van der Waals surface area contributed by atoms with Crippen LogP contribution in [0.4, 0.5) is 0 Å². The molecule has 0 aliphatic heterocycles. The minimum atomic E-state index is 0.142. The first kappa shape index (κ1) is 13.0. The van der Waals surface area contributed by atoms with Gasteiger partial charge in [0.15, 0.2) is 0 Å². The molecule has 1 rings (SSSR count). The van der Waals surface area contributed by atoms with Crippen molar-refractivity contribution in [2.24, 2.45) is 0 Å². The third-order valence-electron chi connectivity index (χ3n) is 2.35. The smallest absolute Gasteiger partial charge is 0.0522 e. The lowest BCUT2D eigenvalue weighted by Crippen LogP contribution is -2.35. The Kier molecular flexibility index (Phi) is 4.30. The predicted octanol–water partition coefficient (Wildman–Crippen LogP) is 2.74. The van der Waals surface area contributed by atoms with Crippen LogP contribution in [0.5, 0.6) is 0 Å². The molecule has 3 heteroatoms. The molecule has 0 amide bonds. The Balaban J connectivity index is 2.53. The minimum Gasteiger partial charge on any atom is -0.306 e. The minimum absolute atomic E-state index is 0.142. The highest BCUT2D eigenvalue weighted by Crippen LogP contribution is 2.06. The molecule has 0 saturated heterocycles. The molecular weight excluding hydrogens is 198 g/mol. The fraction of sp³-hybridized carbons (Fsp3) is 0.615. The van der Waals surface area contributed by atoms with Crippen molar-refractivity contribution in [2.45, 2.75) is 52.7 Å². The van der Waals surface area contributed by atoms with E-state index >= 15 is 0 Å². The number of hydrogen-bond donors (Lipinski definition) is 1. The van der Waals surface area contributed by atoms with Crippen LogP contribution in [0.2, 0.25) is 0 Å². The van der Waals surface area contributed by atoms with Gasteiger partial charge < -0.3 is 5.32 Å². The van der Waals surface area contributed by atoms with Crippen LogP contribution in [0, 0.1) is 0 Å². The topological polar surface area (TPSA) is 29.9 Å². The maximum Gasteiger partial charge on any atom is 0.0522 e. The van der Waals surface area contributed by atoms with Crippen molar-refractivity contribution in [3.05, 3.63) is 30.1 Å². The molecule has 0 spiro atoms. The maximum atomic E-state index is 4.32. The van der Waals surface area contributed by atoms with Gasteiger partial charge in [-0.3, -0.25) is 4.68 Å². The Hall–Kier alpha value is -1.09. The number of nitrogens with one attached hydrogen (secondary N) is 1. The number of aromatic nitrogens is 2. The van der Waals surface area contributed by atoms with Crippen LogP contribution in [-0.4, -0.2) is 15.3 Å². The molecule has 0 aromatic carbocycles. The van der Waals surface area contributed by atoms with Crippen molar-refractivity contribution in [1.82, 2.24) is 15.1 Å². The Morgan fingerprint density at radius 1 is 1.50 bits per heavy atom. The van der Waals surface area contributed by atoms with Crippen LogP contribution in [-0.2, 0) is 13.1 Å². The first-order chi connectivity index (χ1) is 7.38. The highest BCUT2D eigenvalue weighted by molar-refractivity contribution is 5.01. The molecule has 0 fully saturated rings. The molecule has 0 atom stereocenters. The molecule has 3 nitrogen and oxygen atoms in total. The number of hydrogen-bond acceptors (Lipinski definition) is 2. The summed E-state index contributed by atoms with van der Waals surface area (Å²) in [6, 6.07) is 2.07. The molecule has 1 aromatic rings. The highest BCUT2D eigenvalue weighted by Gasteiger charge is 2.10. The summed E-state index contributed by atoms with van der Waals surface area (Å²) in [5, 5.41) is 7.79. The van der Waals surface area contributed by atoms with Crippen molar-refractivity contribution in [1.29, 1.82) is 0 Å². The molecule has 0 aliphatic rings. The van der Waals surface area contributed by atoms with Crippen molar-refractivity contribution >= 4 is 0 Å². The molecule has 0 saturated carbocycles. The molecule has 90 valence electrons. The summed E-state index contributed by atoms with van der Waals surface area (Å²) >= 11 is 0. The summed E-state index contributed by atoms with van der Waals surface area (Å²) in [6.07, 6.45) is 2.85. The van der Waals surface area contributed by atoms with E-state index in [0.29, 0.717) is 0 Å². The third-order valence-corrected chi connectivity index (χ3v) is 2.35. The summed E-state index contributed by atoms with van der Waals surface area (Å²) in [7, 11) is 0. The van der Waals surface area contributed by atoms with Crippen LogP contribution < -0.4 is 5.32 Å². The second-order valence-electron chi connectivity index (χ2n) is 5.36. The summed E-state index contributed by atoms with van der Waals surface area (Å²) < 4.78 is 2.05.